The fourth-order valence-corrected chi connectivity index (χ4v) is 4.23. The Balaban J connectivity index is 1.16. The molecule has 4 heteroatoms. The minimum Gasteiger partial charge on any atom is -0.489 e. The van der Waals surface area contributed by atoms with Gasteiger partial charge in [-0.15, -0.1) is 0 Å². The van der Waals surface area contributed by atoms with Gasteiger partial charge in [0.2, 0.25) is 0 Å². The molecule has 0 radical (unpaired) electrons. The zero-order valence-electron chi connectivity index (χ0n) is 21.8. The highest BCUT2D eigenvalue weighted by molar-refractivity contribution is 5.77. The van der Waals surface area contributed by atoms with Crippen LogP contribution in [0.2, 0.25) is 0 Å². The molecule has 1 atom stereocenters. The predicted octanol–water partition coefficient (Wildman–Crippen LogP) is 7.90. The van der Waals surface area contributed by atoms with Crippen LogP contribution in [0.15, 0.2) is 133 Å². The zero-order valence-corrected chi connectivity index (χ0v) is 21.8. The summed E-state index contributed by atoms with van der Waals surface area (Å²) in [5, 5.41) is 0. The van der Waals surface area contributed by atoms with Crippen LogP contribution in [0.1, 0.15) is 23.6 Å². The minimum atomic E-state index is -0.729. The molecule has 39 heavy (non-hydrogen) atoms. The molecule has 0 N–H and O–H groups in total. The molecule has 0 aliphatic rings. The topological polar surface area (TPSA) is 44.8 Å². The number of benzene rings is 5. The van der Waals surface area contributed by atoms with E-state index >= 15 is 0 Å². The van der Waals surface area contributed by atoms with Crippen molar-refractivity contribution in [2.75, 3.05) is 0 Å². The number of ether oxygens (including phenoxy) is 3. The summed E-state index contributed by atoms with van der Waals surface area (Å²) in [7, 11) is 0. The molecule has 5 aromatic rings. The molecule has 0 saturated carbocycles. The first-order valence-corrected chi connectivity index (χ1v) is 13.0. The fourth-order valence-electron chi connectivity index (χ4n) is 4.23. The molecule has 0 aromatic heterocycles. The molecule has 194 valence electrons. The molecule has 0 amide bonds. The molecule has 0 bridgehead atoms. The van der Waals surface area contributed by atoms with Crippen LogP contribution in [0.4, 0.5) is 0 Å². The van der Waals surface area contributed by atoms with Gasteiger partial charge in [-0.05, 0) is 65.1 Å². The molecule has 0 fully saturated rings. The first-order valence-electron chi connectivity index (χ1n) is 13.0. The van der Waals surface area contributed by atoms with Gasteiger partial charge in [0.1, 0.15) is 23.9 Å². The normalized spacial score (nSPS) is 11.4. The lowest BCUT2D eigenvalue weighted by molar-refractivity contribution is -0.141. The average Bonchev–Trinajstić information content (AvgIpc) is 2.98. The lowest BCUT2D eigenvalue weighted by Gasteiger charge is -2.14. The summed E-state index contributed by atoms with van der Waals surface area (Å²) in [4.78, 5) is 12.3. The van der Waals surface area contributed by atoms with Crippen LogP contribution in [0.25, 0.3) is 11.1 Å². The highest BCUT2D eigenvalue weighted by atomic mass is 16.6. The van der Waals surface area contributed by atoms with Gasteiger partial charge < -0.3 is 14.2 Å². The molecule has 0 aliphatic heterocycles. The standard InChI is InChI=1S/C35H30O4/c1-26(35(36)39-32-13-6-3-7-14-32)38-33-22-20-30(21-23-33)29-18-16-28(17-19-29)25-37-34-15-9-8-12-31(34)24-27-10-4-2-5-11-27/h2-23,26H,24-25H2,1H3. The third kappa shape index (κ3) is 7.14. The van der Waals surface area contributed by atoms with Crippen molar-refractivity contribution in [3.05, 3.63) is 150 Å². The number of carbonyl (C=O) groups is 1. The Hall–Kier alpha value is -4.83. The van der Waals surface area contributed by atoms with Crippen molar-refractivity contribution in [1.29, 1.82) is 0 Å². The second-order valence-corrected chi connectivity index (χ2v) is 9.27. The summed E-state index contributed by atoms with van der Waals surface area (Å²) in [5.41, 5.74) is 5.67. The molecule has 0 spiro atoms. The summed E-state index contributed by atoms with van der Waals surface area (Å²) >= 11 is 0. The first kappa shape index (κ1) is 25.8. The Morgan fingerprint density at radius 2 is 1.21 bits per heavy atom. The Morgan fingerprint density at radius 3 is 1.90 bits per heavy atom. The molecule has 4 nitrogen and oxygen atoms in total. The van der Waals surface area contributed by atoms with Crippen molar-refractivity contribution >= 4 is 5.97 Å². The van der Waals surface area contributed by atoms with Crippen molar-refractivity contribution in [3.8, 4) is 28.4 Å². The third-order valence-corrected chi connectivity index (χ3v) is 6.35. The van der Waals surface area contributed by atoms with E-state index in [4.69, 9.17) is 14.2 Å². The van der Waals surface area contributed by atoms with Crippen molar-refractivity contribution in [2.45, 2.75) is 26.1 Å². The summed E-state index contributed by atoms with van der Waals surface area (Å²) in [6.45, 7) is 2.18. The van der Waals surface area contributed by atoms with Crippen LogP contribution in [0.5, 0.6) is 17.2 Å². The number of hydrogen-bond donors (Lipinski definition) is 0. The quantitative estimate of drug-likeness (QED) is 0.140. The van der Waals surface area contributed by atoms with Crippen molar-refractivity contribution in [1.82, 2.24) is 0 Å². The first-order chi connectivity index (χ1) is 19.1. The van der Waals surface area contributed by atoms with Crippen molar-refractivity contribution < 1.29 is 19.0 Å². The second-order valence-electron chi connectivity index (χ2n) is 9.27. The molecular formula is C35H30O4. The van der Waals surface area contributed by atoms with Crippen LogP contribution in [0, 0.1) is 0 Å². The fraction of sp³-hybridized carbons (Fsp3) is 0.114. The van der Waals surface area contributed by atoms with Gasteiger partial charge in [-0.2, -0.15) is 0 Å². The molecule has 1 unspecified atom stereocenters. The van der Waals surface area contributed by atoms with Gasteiger partial charge in [-0.1, -0.05) is 103 Å². The number of carbonyl (C=O) groups excluding carboxylic acids is 1. The maximum absolute atomic E-state index is 12.3. The van der Waals surface area contributed by atoms with E-state index in [-0.39, 0.29) is 0 Å². The van der Waals surface area contributed by atoms with Crippen LogP contribution in [-0.2, 0) is 17.8 Å². The number of para-hydroxylation sites is 2. The molecular weight excluding hydrogens is 484 g/mol. The van der Waals surface area contributed by atoms with E-state index in [0.717, 1.165) is 28.9 Å². The maximum atomic E-state index is 12.3. The summed E-state index contributed by atoms with van der Waals surface area (Å²) in [6, 6.07) is 43.6. The lowest BCUT2D eigenvalue weighted by Crippen LogP contribution is -2.28. The van der Waals surface area contributed by atoms with Gasteiger partial charge in [0.15, 0.2) is 6.10 Å². The van der Waals surface area contributed by atoms with E-state index < -0.39 is 12.1 Å². The molecule has 0 heterocycles. The average molecular weight is 515 g/mol. The molecule has 0 aliphatic carbocycles. The number of rotatable bonds is 10. The Labute approximate surface area is 229 Å². The maximum Gasteiger partial charge on any atom is 0.352 e. The van der Waals surface area contributed by atoms with Gasteiger partial charge in [-0.3, -0.25) is 0 Å². The second kappa shape index (κ2) is 12.6. The van der Waals surface area contributed by atoms with Crippen molar-refractivity contribution in [2.24, 2.45) is 0 Å². The smallest absolute Gasteiger partial charge is 0.352 e. The van der Waals surface area contributed by atoms with Gasteiger partial charge in [0.05, 0.1) is 0 Å². The predicted molar refractivity (Wildman–Crippen MR) is 154 cm³/mol. The Kier molecular flexibility index (Phi) is 8.35. The van der Waals surface area contributed by atoms with Crippen LogP contribution in [-0.4, -0.2) is 12.1 Å². The van der Waals surface area contributed by atoms with Gasteiger partial charge >= 0.3 is 5.97 Å². The minimum absolute atomic E-state index is 0.439. The molecule has 0 saturated heterocycles. The summed E-state index contributed by atoms with van der Waals surface area (Å²) in [5.74, 6) is 1.57. The summed E-state index contributed by atoms with van der Waals surface area (Å²) in [6.07, 6.45) is 0.107. The highest BCUT2D eigenvalue weighted by Gasteiger charge is 2.17. The molecule has 5 aromatic carbocycles. The zero-order chi connectivity index (χ0) is 26.9. The van der Waals surface area contributed by atoms with Crippen molar-refractivity contribution in [3.63, 3.8) is 0 Å². The van der Waals surface area contributed by atoms with E-state index in [1.165, 1.54) is 11.1 Å². The SMILES string of the molecule is CC(Oc1ccc(-c2ccc(COc3ccccc3Cc3ccccc3)cc2)cc1)C(=O)Oc1ccccc1. The van der Waals surface area contributed by atoms with Gasteiger partial charge in [0, 0.05) is 6.42 Å². The highest BCUT2D eigenvalue weighted by Crippen LogP contribution is 2.26. The van der Waals surface area contributed by atoms with E-state index in [9.17, 15) is 4.79 Å². The van der Waals surface area contributed by atoms with E-state index in [2.05, 4.69) is 54.6 Å². The lowest BCUT2D eigenvalue weighted by atomic mass is 10.0. The van der Waals surface area contributed by atoms with E-state index in [1.807, 2.05) is 66.7 Å². The van der Waals surface area contributed by atoms with Crippen LogP contribution < -0.4 is 14.2 Å². The monoisotopic (exact) mass is 514 g/mol. The Morgan fingerprint density at radius 1 is 0.615 bits per heavy atom. The third-order valence-electron chi connectivity index (χ3n) is 6.35. The van der Waals surface area contributed by atoms with Crippen LogP contribution in [0.3, 0.4) is 0 Å². The Bertz CT molecular complexity index is 1480. The number of esters is 1. The largest absolute Gasteiger partial charge is 0.489 e. The summed E-state index contributed by atoms with van der Waals surface area (Å²) < 4.78 is 17.3. The van der Waals surface area contributed by atoms with E-state index in [1.54, 1.807) is 19.1 Å². The van der Waals surface area contributed by atoms with Crippen LogP contribution >= 0.6 is 0 Å². The van der Waals surface area contributed by atoms with Gasteiger partial charge in [-0.25, -0.2) is 4.79 Å². The molecule has 5 rings (SSSR count). The number of hydrogen-bond acceptors (Lipinski definition) is 4. The van der Waals surface area contributed by atoms with Gasteiger partial charge in [0.25, 0.3) is 0 Å². The van der Waals surface area contributed by atoms with E-state index in [0.29, 0.717) is 18.1 Å².